The number of benzene rings is 1. The third-order valence-electron chi connectivity index (χ3n) is 4.76. The molecule has 0 spiro atoms. The third kappa shape index (κ3) is 3.73. The molecule has 0 N–H and O–H groups in total. The van der Waals surface area contributed by atoms with Crippen molar-refractivity contribution in [3.05, 3.63) is 60.4 Å². The molecule has 150 valence electrons. The van der Waals surface area contributed by atoms with Crippen LogP contribution in [0.2, 0.25) is 0 Å². The average Bonchev–Trinajstić information content (AvgIpc) is 3.15. The van der Waals surface area contributed by atoms with Crippen molar-refractivity contribution in [1.82, 2.24) is 23.9 Å². The predicted molar refractivity (Wildman–Crippen MR) is 114 cm³/mol. The summed E-state index contributed by atoms with van der Waals surface area (Å²) in [4.78, 5) is 4.73. The summed E-state index contributed by atoms with van der Waals surface area (Å²) in [6.07, 6.45) is 3.39. The molecule has 3 heterocycles. The molecule has 0 aliphatic rings. The average molecular weight is 428 g/mol. The van der Waals surface area contributed by atoms with E-state index in [0.717, 1.165) is 16.5 Å². The van der Waals surface area contributed by atoms with Crippen LogP contribution in [-0.2, 0) is 15.8 Å². The fourth-order valence-electron chi connectivity index (χ4n) is 3.24. The maximum atomic E-state index is 12.9. The summed E-state index contributed by atoms with van der Waals surface area (Å²) in [6, 6.07) is 13.3. The van der Waals surface area contributed by atoms with Crippen LogP contribution in [0.25, 0.3) is 16.6 Å². The van der Waals surface area contributed by atoms with Crippen LogP contribution in [0, 0.1) is 0 Å². The zero-order valence-corrected chi connectivity index (χ0v) is 17.8. The minimum Gasteiger partial charge on any atom is -0.276 e. The van der Waals surface area contributed by atoms with E-state index in [9.17, 15) is 8.42 Å². The van der Waals surface area contributed by atoms with Gasteiger partial charge in [-0.3, -0.25) is 9.38 Å². The van der Waals surface area contributed by atoms with Gasteiger partial charge >= 0.3 is 0 Å². The van der Waals surface area contributed by atoms with E-state index in [1.54, 1.807) is 28.9 Å². The lowest BCUT2D eigenvalue weighted by molar-refractivity contribution is 0.445. The topological polar surface area (TPSA) is 80.5 Å². The van der Waals surface area contributed by atoms with Crippen molar-refractivity contribution in [3.63, 3.8) is 0 Å². The fraction of sp³-hybridized carbons (Fsp3) is 0.250. The van der Waals surface area contributed by atoms with Crippen molar-refractivity contribution < 1.29 is 8.42 Å². The lowest BCUT2D eigenvalue weighted by Gasteiger charge is -2.18. The Morgan fingerprint density at radius 3 is 2.62 bits per heavy atom. The van der Waals surface area contributed by atoms with Gasteiger partial charge in [0.1, 0.15) is 0 Å². The maximum Gasteiger partial charge on any atom is 0.244 e. The van der Waals surface area contributed by atoms with E-state index in [1.807, 2.05) is 44.2 Å². The van der Waals surface area contributed by atoms with Crippen LogP contribution in [-0.4, -0.2) is 45.4 Å². The van der Waals surface area contributed by atoms with E-state index >= 15 is 0 Å². The molecule has 0 atom stereocenters. The van der Waals surface area contributed by atoms with Crippen molar-refractivity contribution >= 4 is 38.3 Å². The van der Waals surface area contributed by atoms with E-state index in [0.29, 0.717) is 29.6 Å². The zero-order valence-electron chi connectivity index (χ0n) is 16.2. The van der Waals surface area contributed by atoms with Gasteiger partial charge in [0.05, 0.1) is 10.4 Å². The highest BCUT2D eigenvalue weighted by Gasteiger charge is 2.22. The molecule has 29 heavy (non-hydrogen) atoms. The maximum absolute atomic E-state index is 12.9. The number of sulfonamides is 1. The molecule has 1 aromatic carbocycles. The van der Waals surface area contributed by atoms with Crippen molar-refractivity contribution in [2.75, 3.05) is 13.1 Å². The number of para-hydroxylation sites is 1. The van der Waals surface area contributed by atoms with Gasteiger partial charge in [-0.25, -0.2) is 8.42 Å². The third-order valence-corrected chi connectivity index (χ3v) is 7.79. The largest absolute Gasteiger partial charge is 0.276 e. The summed E-state index contributed by atoms with van der Waals surface area (Å²) in [7, 11) is -3.55. The molecule has 0 aliphatic carbocycles. The number of aromatic nitrogens is 4. The minimum absolute atomic E-state index is 0.238. The van der Waals surface area contributed by atoms with Gasteiger partial charge in [0, 0.05) is 36.6 Å². The summed E-state index contributed by atoms with van der Waals surface area (Å²) < 4.78 is 28.9. The van der Waals surface area contributed by atoms with Crippen LogP contribution in [0.1, 0.15) is 19.4 Å². The first-order valence-electron chi connectivity index (χ1n) is 9.35. The van der Waals surface area contributed by atoms with Crippen molar-refractivity contribution in [1.29, 1.82) is 0 Å². The number of nitrogens with zero attached hydrogens (tertiary/aromatic N) is 5. The lowest BCUT2D eigenvalue weighted by Crippen LogP contribution is -2.30. The molecule has 4 aromatic rings. The normalized spacial score (nSPS) is 12.2. The van der Waals surface area contributed by atoms with Crippen LogP contribution in [0.5, 0.6) is 0 Å². The summed E-state index contributed by atoms with van der Waals surface area (Å²) >= 11 is 1.50. The number of pyridine rings is 2. The Hall–Kier alpha value is -2.49. The second kappa shape index (κ2) is 8.10. The Kier molecular flexibility index (Phi) is 5.53. The highest BCUT2D eigenvalue weighted by atomic mass is 32.2. The van der Waals surface area contributed by atoms with Gasteiger partial charge < -0.3 is 0 Å². The predicted octanol–water partition coefficient (Wildman–Crippen LogP) is 3.60. The quantitative estimate of drug-likeness (QED) is 0.419. The van der Waals surface area contributed by atoms with Crippen LogP contribution in [0.15, 0.2) is 64.9 Å². The van der Waals surface area contributed by atoms with E-state index < -0.39 is 10.0 Å². The second-order valence-electron chi connectivity index (χ2n) is 6.45. The highest BCUT2D eigenvalue weighted by molar-refractivity contribution is 7.98. The molecule has 0 radical (unpaired) electrons. The standard InChI is InChI=1S/C20H21N5O2S2/c1-3-24(4-2)29(26,27)17-10-11-18-22-23-20(25(18)13-17)28-14-16-8-5-7-15-9-6-12-21-19(15)16/h5-13H,3-4,14H2,1-2H3. The fourth-order valence-corrected chi connectivity index (χ4v) is 5.60. The highest BCUT2D eigenvalue weighted by Crippen LogP contribution is 2.26. The van der Waals surface area contributed by atoms with Gasteiger partial charge in [-0.1, -0.05) is 49.9 Å². The van der Waals surface area contributed by atoms with Crippen LogP contribution < -0.4 is 0 Å². The second-order valence-corrected chi connectivity index (χ2v) is 9.33. The zero-order chi connectivity index (χ0) is 20.4. The Bertz CT molecular complexity index is 1260. The lowest BCUT2D eigenvalue weighted by atomic mass is 10.1. The molecule has 0 saturated heterocycles. The van der Waals surface area contributed by atoms with Gasteiger partial charge in [-0.05, 0) is 23.8 Å². The van der Waals surface area contributed by atoms with E-state index in [2.05, 4.69) is 15.2 Å². The Labute approximate surface area is 173 Å². The first-order chi connectivity index (χ1) is 14.0. The molecule has 0 aliphatic heterocycles. The van der Waals surface area contributed by atoms with E-state index in [4.69, 9.17) is 0 Å². The van der Waals surface area contributed by atoms with Gasteiger partial charge in [-0.15, -0.1) is 10.2 Å². The van der Waals surface area contributed by atoms with E-state index in [-0.39, 0.29) is 4.90 Å². The molecule has 0 saturated carbocycles. The first-order valence-corrected chi connectivity index (χ1v) is 11.8. The molecule has 0 unspecified atom stereocenters. The molecule has 9 heteroatoms. The number of fused-ring (bicyclic) bond motifs is 2. The Morgan fingerprint density at radius 1 is 1.03 bits per heavy atom. The summed E-state index contributed by atoms with van der Waals surface area (Å²) in [6.45, 7) is 4.51. The van der Waals surface area contributed by atoms with E-state index in [1.165, 1.54) is 16.1 Å². The van der Waals surface area contributed by atoms with Crippen molar-refractivity contribution in [3.8, 4) is 0 Å². The Morgan fingerprint density at radius 2 is 1.83 bits per heavy atom. The van der Waals surface area contributed by atoms with Crippen LogP contribution >= 0.6 is 11.8 Å². The molecule has 3 aromatic heterocycles. The number of hydrogen-bond donors (Lipinski definition) is 0. The Balaban J connectivity index is 1.66. The SMILES string of the molecule is CCN(CC)S(=O)(=O)c1ccc2nnc(SCc3cccc4cccnc34)n2c1. The summed E-state index contributed by atoms with van der Waals surface area (Å²) in [5, 5.41) is 10.1. The van der Waals surface area contributed by atoms with Crippen molar-refractivity contribution in [2.45, 2.75) is 29.7 Å². The molecular weight excluding hydrogens is 406 g/mol. The smallest absolute Gasteiger partial charge is 0.244 e. The summed E-state index contributed by atoms with van der Waals surface area (Å²) in [5.41, 5.74) is 2.67. The molecule has 0 bridgehead atoms. The number of thioether (sulfide) groups is 1. The number of rotatable bonds is 7. The molecular formula is C20H21N5O2S2. The van der Waals surface area contributed by atoms with Crippen LogP contribution in [0.4, 0.5) is 0 Å². The number of hydrogen-bond acceptors (Lipinski definition) is 6. The van der Waals surface area contributed by atoms with Gasteiger partial charge in [0.25, 0.3) is 0 Å². The van der Waals surface area contributed by atoms with Gasteiger partial charge in [0.15, 0.2) is 10.8 Å². The minimum atomic E-state index is -3.55. The van der Waals surface area contributed by atoms with Gasteiger partial charge in [0.2, 0.25) is 10.0 Å². The first kappa shape index (κ1) is 19.8. The summed E-state index contributed by atoms with van der Waals surface area (Å²) in [5.74, 6) is 0.655. The van der Waals surface area contributed by atoms with Crippen LogP contribution in [0.3, 0.4) is 0 Å². The monoisotopic (exact) mass is 427 g/mol. The molecule has 0 fully saturated rings. The van der Waals surface area contributed by atoms with Crippen molar-refractivity contribution in [2.24, 2.45) is 0 Å². The van der Waals surface area contributed by atoms with Gasteiger partial charge in [-0.2, -0.15) is 4.31 Å². The molecule has 4 rings (SSSR count). The molecule has 7 nitrogen and oxygen atoms in total. The molecule has 0 amide bonds.